The Labute approximate surface area is 110 Å². The lowest BCUT2D eigenvalue weighted by Crippen LogP contribution is -2.25. The molecule has 0 aromatic heterocycles. The molecule has 0 aliphatic carbocycles. The first-order valence-corrected chi connectivity index (χ1v) is 6.69. The van der Waals surface area contributed by atoms with E-state index in [0.29, 0.717) is 12.5 Å². The van der Waals surface area contributed by atoms with Crippen molar-refractivity contribution in [3.05, 3.63) is 12.7 Å². The topological polar surface area (TPSA) is 55.8 Å². The number of hydrogen-bond acceptors (Lipinski definition) is 3. The molecule has 0 aromatic rings. The summed E-state index contributed by atoms with van der Waals surface area (Å²) < 4.78 is 10.2. The molecule has 1 N–H and O–H groups in total. The summed E-state index contributed by atoms with van der Waals surface area (Å²) in [6, 6.07) is 0. The van der Waals surface area contributed by atoms with Gasteiger partial charge in [0, 0.05) is 6.42 Å². The molecule has 0 spiro atoms. The zero-order chi connectivity index (χ0) is 13.6. The average molecular weight is 258 g/mol. The molecule has 0 radical (unpaired) electrons. The summed E-state index contributed by atoms with van der Waals surface area (Å²) in [7, 11) is 0. The van der Waals surface area contributed by atoms with E-state index in [1.807, 2.05) is 13.0 Å². The van der Waals surface area contributed by atoms with E-state index in [4.69, 9.17) is 14.6 Å². The third kappa shape index (κ3) is 13.2. The number of allylic oxidation sites excluding steroid dienone is 1. The number of aliphatic carboxylic acids is 1. The van der Waals surface area contributed by atoms with Gasteiger partial charge in [0.15, 0.2) is 0 Å². The fourth-order valence-corrected chi connectivity index (χ4v) is 1.52. The number of hydrogen-bond donors (Lipinski definition) is 1. The molecule has 0 aromatic carbocycles. The molecular formula is C14H26O4. The second-order valence-electron chi connectivity index (χ2n) is 4.39. The summed E-state index contributed by atoms with van der Waals surface area (Å²) >= 11 is 0. The molecule has 1 rings (SSSR count). The summed E-state index contributed by atoms with van der Waals surface area (Å²) in [6.45, 7) is 7.92. The summed E-state index contributed by atoms with van der Waals surface area (Å²) in [5.74, 6) is -0.686. The fourth-order valence-electron chi connectivity index (χ4n) is 1.52. The predicted octanol–water partition coefficient (Wildman–Crippen LogP) is 3.02. The van der Waals surface area contributed by atoms with Crippen molar-refractivity contribution in [1.82, 2.24) is 0 Å². The van der Waals surface area contributed by atoms with E-state index in [1.54, 1.807) is 0 Å². The van der Waals surface area contributed by atoms with Crippen molar-refractivity contribution in [2.24, 2.45) is 0 Å². The Bertz CT molecular complexity index is 210. The highest BCUT2D eigenvalue weighted by Crippen LogP contribution is 2.05. The lowest BCUT2D eigenvalue weighted by molar-refractivity contribution is -0.137. The van der Waals surface area contributed by atoms with Crippen molar-refractivity contribution < 1.29 is 19.4 Å². The van der Waals surface area contributed by atoms with Crippen molar-refractivity contribution in [2.75, 3.05) is 19.8 Å². The van der Waals surface area contributed by atoms with Crippen LogP contribution in [0.15, 0.2) is 12.7 Å². The first-order valence-electron chi connectivity index (χ1n) is 6.69. The van der Waals surface area contributed by atoms with Gasteiger partial charge in [0.25, 0.3) is 0 Å². The lowest BCUT2D eigenvalue weighted by Gasteiger charge is -2.18. The monoisotopic (exact) mass is 258 g/mol. The summed E-state index contributed by atoms with van der Waals surface area (Å²) in [4.78, 5) is 10.1. The van der Waals surface area contributed by atoms with Crippen LogP contribution in [0.25, 0.3) is 0 Å². The smallest absolute Gasteiger partial charge is 0.303 e. The van der Waals surface area contributed by atoms with Gasteiger partial charge >= 0.3 is 5.97 Å². The second kappa shape index (κ2) is 12.6. The molecule has 1 aliphatic heterocycles. The molecule has 1 fully saturated rings. The molecule has 0 saturated carbocycles. The Morgan fingerprint density at radius 2 is 2.06 bits per heavy atom. The maximum absolute atomic E-state index is 10.1. The summed E-state index contributed by atoms with van der Waals surface area (Å²) in [5, 5.41) is 8.30. The van der Waals surface area contributed by atoms with Gasteiger partial charge in [0.05, 0.1) is 25.9 Å². The number of rotatable bonds is 7. The first-order chi connectivity index (χ1) is 8.66. The van der Waals surface area contributed by atoms with Crippen molar-refractivity contribution in [3.8, 4) is 0 Å². The van der Waals surface area contributed by atoms with Crippen LogP contribution in [-0.4, -0.2) is 37.0 Å². The van der Waals surface area contributed by atoms with Gasteiger partial charge in [-0.15, -0.1) is 6.58 Å². The average Bonchev–Trinajstić information content (AvgIpc) is 2.35. The third-order valence-corrected chi connectivity index (χ3v) is 2.53. The Balaban J connectivity index is 0.000000351. The van der Waals surface area contributed by atoms with Crippen LogP contribution in [0.5, 0.6) is 0 Å². The molecule has 1 heterocycles. The standard InChI is InChI=1S/C9H16O2.C5H10O2/c1-2-3-4-5-6-7-8-9(10)11;1-5-4-6-2-3-7-5/h2H,1,3-8H2,(H,10,11);5H,2-4H2,1H3. The highest BCUT2D eigenvalue weighted by atomic mass is 16.6. The van der Waals surface area contributed by atoms with Crippen LogP contribution in [0.3, 0.4) is 0 Å². The van der Waals surface area contributed by atoms with Crippen LogP contribution in [-0.2, 0) is 14.3 Å². The van der Waals surface area contributed by atoms with Crippen molar-refractivity contribution in [2.45, 2.75) is 51.6 Å². The number of unbranched alkanes of at least 4 members (excludes halogenated alkanes) is 4. The number of carbonyl (C=O) groups is 1. The van der Waals surface area contributed by atoms with Gasteiger partial charge in [0.2, 0.25) is 0 Å². The minimum absolute atomic E-state index is 0.314. The largest absolute Gasteiger partial charge is 0.481 e. The van der Waals surface area contributed by atoms with E-state index >= 15 is 0 Å². The maximum atomic E-state index is 10.1. The molecule has 1 atom stereocenters. The van der Waals surface area contributed by atoms with E-state index in [1.165, 1.54) is 0 Å². The number of ether oxygens (including phenoxy) is 2. The maximum Gasteiger partial charge on any atom is 0.303 e. The van der Waals surface area contributed by atoms with Crippen LogP contribution < -0.4 is 0 Å². The third-order valence-electron chi connectivity index (χ3n) is 2.53. The first kappa shape index (κ1) is 17.1. The number of carboxylic acids is 1. The Morgan fingerprint density at radius 1 is 1.33 bits per heavy atom. The zero-order valence-corrected chi connectivity index (χ0v) is 11.4. The molecule has 4 nitrogen and oxygen atoms in total. The van der Waals surface area contributed by atoms with Gasteiger partial charge in [-0.2, -0.15) is 0 Å². The normalized spacial score (nSPS) is 18.6. The van der Waals surface area contributed by atoms with Gasteiger partial charge in [-0.3, -0.25) is 4.79 Å². The minimum atomic E-state index is -0.686. The second-order valence-corrected chi connectivity index (χ2v) is 4.39. The van der Waals surface area contributed by atoms with Gasteiger partial charge in [-0.05, 0) is 26.2 Å². The van der Waals surface area contributed by atoms with E-state index in [0.717, 1.165) is 51.9 Å². The highest BCUT2D eigenvalue weighted by molar-refractivity contribution is 5.66. The predicted molar refractivity (Wildman–Crippen MR) is 71.8 cm³/mol. The highest BCUT2D eigenvalue weighted by Gasteiger charge is 2.06. The van der Waals surface area contributed by atoms with Gasteiger partial charge < -0.3 is 14.6 Å². The summed E-state index contributed by atoms with van der Waals surface area (Å²) in [5.41, 5.74) is 0. The van der Waals surface area contributed by atoms with E-state index in [-0.39, 0.29) is 0 Å². The van der Waals surface area contributed by atoms with E-state index < -0.39 is 5.97 Å². The summed E-state index contributed by atoms with van der Waals surface area (Å²) in [6.07, 6.45) is 7.68. The molecule has 0 amide bonds. The zero-order valence-electron chi connectivity index (χ0n) is 11.4. The van der Waals surface area contributed by atoms with Crippen LogP contribution in [0.4, 0.5) is 0 Å². The van der Waals surface area contributed by atoms with E-state index in [2.05, 4.69) is 6.58 Å². The van der Waals surface area contributed by atoms with Gasteiger partial charge in [-0.1, -0.05) is 18.9 Å². The minimum Gasteiger partial charge on any atom is -0.481 e. The van der Waals surface area contributed by atoms with Crippen molar-refractivity contribution >= 4 is 5.97 Å². The fraction of sp³-hybridized carbons (Fsp3) is 0.786. The Morgan fingerprint density at radius 3 is 2.50 bits per heavy atom. The molecule has 1 aliphatic rings. The van der Waals surface area contributed by atoms with Crippen LogP contribution in [0.2, 0.25) is 0 Å². The quantitative estimate of drug-likeness (QED) is 0.563. The number of carboxylic acid groups (broad SMARTS) is 1. The molecule has 0 bridgehead atoms. The van der Waals surface area contributed by atoms with E-state index in [9.17, 15) is 4.79 Å². The van der Waals surface area contributed by atoms with Gasteiger partial charge in [-0.25, -0.2) is 0 Å². The molecule has 18 heavy (non-hydrogen) atoms. The molecule has 4 heteroatoms. The van der Waals surface area contributed by atoms with Crippen LogP contribution in [0.1, 0.15) is 45.4 Å². The van der Waals surface area contributed by atoms with Gasteiger partial charge in [0.1, 0.15) is 0 Å². The lowest BCUT2D eigenvalue weighted by atomic mass is 10.1. The molecular weight excluding hydrogens is 232 g/mol. The van der Waals surface area contributed by atoms with Crippen LogP contribution >= 0.6 is 0 Å². The van der Waals surface area contributed by atoms with Crippen molar-refractivity contribution in [3.63, 3.8) is 0 Å². The Hall–Kier alpha value is -0.870. The van der Waals surface area contributed by atoms with Crippen molar-refractivity contribution in [1.29, 1.82) is 0 Å². The Kier molecular flexibility index (Phi) is 12.0. The molecule has 1 saturated heterocycles. The van der Waals surface area contributed by atoms with Crippen LogP contribution in [0, 0.1) is 0 Å². The molecule has 106 valence electrons. The molecule has 1 unspecified atom stereocenters. The SMILES string of the molecule is C=CCCCCCCC(=O)O.CC1COCCO1.